The number of methoxy groups -OCH3 is 1. The third-order valence-corrected chi connectivity index (χ3v) is 7.11. The number of nitrogens with one attached hydrogen (secondary N) is 1. The summed E-state index contributed by atoms with van der Waals surface area (Å²) in [6, 6.07) is 21.2. The zero-order chi connectivity index (χ0) is 24.3. The Morgan fingerprint density at radius 3 is 2.18 bits per heavy atom. The Bertz CT molecular complexity index is 1370. The molecule has 0 saturated carbocycles. The smallest absolute Gasteiger partial charge is 0.264 e. The number of nitrogens with zero attached hydrogens (tertiary/aromatic N) is 1. The van der Waals surface area contributed by atoms with Crippen molar-refractivity contribution >= 4 is 27.4 Å². The Balaban J connectivity index is 1.70. The fourth-order valence-electron chi connectivity index (χ4n) is 3.56. The SMILES string of the molecule is COc1ccc(OCC(=O)NC2=C(C(=O)c3ccccc3)N(C)S(=O)(=O)c3ccccc32)cc1. The maximum absolute atomic E-state index is 13.4. The quantitative estimate of drug-likeness (QED) is 0.524. The number of fused-ring (bicyclic) bond motifs is 1. The molecule has 0 aromatic heterocycles. The molecule has 1 heterocycles. The van der Waals surface area contributed by atoms with Crippen LogP contribution in [0, 0.1) is 0 Å². The Morgan fingerprint density at radius 2 is 1.50 bits per heavy atom. The zero-order valence-corrected chi connectivity index (χ0v) is 19.3. The first-order chi connectivity index (χ1) is 16.3. The van der Waals surface area contributed by atoms with Gasteiger partial charge in [-0.1, -0.05) is 48.5 Å². The van der Waals surface area contributed by atoms with E-state index in [1.807, 2.05) is 0 Å². The number of likely N-dealkylation sites (N-methyl/N-ethyl adjacent to an activating group) is 1. The highest BCUT2D eigenvalue weighted by Gasteiger charge is 2.38. The topological polar surface area (TPSA) is 102 Å². The van der Waals surface area contributed by atoms with Crippen molar-refractivity contribution in [2.24, 2.45) is 0 Å². The van der Waals surface area contributed by atoms with Crippen LogP contribution in [0.15, 0.2) is 89.5 Å². The van der Waals surface area contributed by atoms with Crippen LogP contribution in [0.2, 0.25) is 0 Å². The molecule has 1 N–H and O–H groups in total. The summed E-state index contributed by atoms with van der Waals surface area (Å²) in [4.78, 5) is 26.2. The molecule has 1 aliphatic heterocycles. The van der Waals surface area contributed by atoms with Crippen LogP contribution in [-0.2, 0) is 14.8 Å². The van der Waals surface area contributed by atoms with Crippen LogP contribution >= 0.6 is 0 Å². The number of rotatable bonds is 7. The van der Waals surface area contributed by atoms with Gasteiger partial charge in [-0.05, 0) is 30.3 Å². The normalized spacial score (nSPS) is 14.2. The first kappa shape index (κ1) is 23.1. The van der Waals surface area contributed by atoms with E-state index in [9.17, 15) is 18.0 Å². The summed E-state index contributed by atoms with van der Waals surface area (Å²) in [7, 11) is -1.15. The van der Waals surface area contributed by atoms with E-state index >= 15 is 0 Å². The van der Waals surface area contributed by atoms with Crippen LogP contribution in [0.3, 0.4) is 0 Å². The van der Waals surface area contributed by atoms with Gasteiger partial charge in [-0.15, -0.1) is 0 Å². The average Bonchev–Trinajstić information content (AvgIpc) is 2.87. The summed E-state index contributed by atoms with van der Waals surface area (Å²) in [6.07, 6.45) is 0. The molecule has 0 aliphatic carbocycles. The first-order valence-corrected chi connectivity index (χ1v) is 11.8. The first-order valence-electron chi connectivity index (χ1n) is 10.3. The van der Waals surface area contributed by atoms with Crippen LogP contribution in [0.25, 0.3) is 5.70 Å². The number of Topliss-reactive ketones (excluding diaryl/α,β-unsaturated/α-hetero) is 1. The van der Waals surface area contributed by atoms with E-state index in [4.69, 9.17) is 9.47 Å². The van der Waals surface area contributed by atoms with Gasteiger partial charge >= 0.3 is 0 Å². The van der Waals surface area contributed by atoms with Crippen LogP contribution < -0.4 is 14.8 Å². The lowest BCUT2D eigenvalue weighted by atomic mass is 10.0. The molecular formula is C25H22N2O6S. The number of ketones is 1. The molecule has 34 heavy (non-hydrogen) atoms. The van der Waals surface area contributed by atoms with Crippen molar-refractivity contribution in [3.8, 4) is 11.5 Å². The van der Waals surface area contributed by atoms with Crippen molar-refractivity contribution in [1.29, 1.82) is 0 Å². The maximum Gasteiger partial charge on any atom is 0.264 e. The van der Waals surface area contributed by atoms with Crippen molar-refractivity contribution in [2.45, 2.75) is 4.90 Å². The third kappa shape index (κ3) is 4.38. The fraction of sp³-hybridized carbons (Fsp3) is 0.120. The summed E-state index contributed by atoms with van der Waals surface area (Å²) in [5, 5.41) is 2.70. The number of hydrogen-bond acceptors (Lipinski definition) is 6. The molecule has 0 saturated heterocycles. The van der Waals surface area contributed by atoms with E-state index < -0.39 is 21.7 Å². The molecule has 174 valence electrons. The van der Waals surface area contributed by atoms with Gasteiger partial charge in [0.15, 0.2) is 6.61 Å². The van der Waals surface area contributed by atoms with Gasteiger partial charge in [0, 0.05) is 18.2 Å². The predicted octanol–water partition coefficient (Wildman–Crippen LogP) is 3.08. The van der Waals surface area contributed by atoms with E-state index in [-0.39, 0.29) is 28.5 Å². The van der Waals surface area contributed by atoms with E-state index in [0.717, 1.165) is 4.31 Å². The highest BCUT2D eigenvalue weighted by Crippen LogP contribution is 2.35. The second-order valence-corrected chi connectivity index (χ2v) is 9.34. The standard InChI is InChI=1S/C25H22N2O6S/c1-27-24(25(29)17-8-4-3-5-9-17)23(20-10-6-7-11-21(20)34(27,30)31)26-22(28)16-33-19-14-12-18(32-2)13-15-19/h3-15H,16H2,1-2H3,(H,26,28). The van der Waals surface area contributed by atoms with Crippen molar-refractivity contribution in [2.75, 3.05) is 20.8 Å². The summed E-state index contributed by atoms with van der Waals surface area (Å²) >= 11 is 0. The number of amides is 1. The Kier molecular flexibility index (Phi) is 6.38. The lowest BCUT2D eigenvalue weighted by molar-refractivity contribution is -0.121. The molecule has 0 radical (unpaired) electrons. The summed E-state index contributed by atoms with van der Waals surface area (Å²) < 4.78 is 37.8. The third-order valence-electron chi connectivity index (χ3n) is 5.29. The fourth-order valence-corrected chi connectivity index (χ4v) is 4.96. The number of ether oxygens (including phenoxy) is 2. The second kappa shape index (κ2) is 9.40. The van der Waals surface area contributed by atoms with Crippen LogP contribution in [0.1, 0.15) is 15.9 Å². The Hall–Kier alpha value is -4.11. The molecule has 8 nitrogen and oxygen atoms in total. The zero-order valence-electron chi connectivity index (χ0n) is 18.5. The Labute approximate surface area is 197 Å². The predicted molar refractivity (Wildman–Crippen MR) is 126 cm³/mol. The minimum absolute atomic E-state index is 0.00603. The molecule has 1 aliphatic rings. The minimum Gasteiger partial charge on any atom is -0.497 e. The maximum atomic E-state index is 13.4. The number of carbonyl (C=O) groups is 2. The highest BCUT2D eigenvalue weighted by molar-refractivity contribution is 7.89. The number of allylic oxidation sites excluding steroid dienone is 1. The molecule has 0 fully saturated rings. The van der Waals surface area contributed by atoms with Gasteiger partial charge in [0.05, 0.1) is 17.7 Å². The molecule has 0 unspecified atom stereocenters. The molecule has 9 heteroatoms. The largest absolute Gasteiger partial charge is 0.497 e. The molecule has 0 spiro atoms. The minimum atomic E-state index is -3.99. The van der Waals surface area contributed by atoms with Gasteiger partial charge < -0.3 is 14.8 Å². The highest BCUT2D eigenvalue weighted by atomic mass is 32.2. The van der Waals surface area contributed by atoms with Gasteiger partial charge in [0.25, 0.3) is 15.9 Å². The molecule has 0 atom stereocenters. The van der Waals surface area contributed by atoms with Crippen LogP contribution in [0.4, 0.5) is 0 Å². The number of carbonyl (C=O) groups excluding carboxylic acids is 2. The van der Waals surface area contributed by atoms with Gasteiger partial charge in [-0.3, -0.25) is 13.9 Å². The lowest BCUT2D eigenvalue weighted by Crippen LogP contribution is -2.40. The van der Waals surface area contributed by atoms with Gasteiger partial charge in [-0.2, -0.15) is 0 Å². The van der Waals surface area contributed by atoms with Crippen molar-refractivity contribution in [1.82, 2.24) is 9.62 Å². The van der Waals surface area contributed by atoms with Crippen molar-refractivity contribution in [3.05, 3.63) is 95.7 Å². The van der Waals surface area contributed by atoms with Crippen molar-refractivity contribution < 1.29 is 27.5 Å². The molecule has 4 rings (SSSR count). The van der Waals surface area contributed by atoms with Gasteiger partial charge in [-0.25, -0.2) is 8.42 Å². The van der Waals surface area contributed by atoms with E-state index in [0.29, 0.717) is 17.1 Å². The summed E-state index contributed by atoms with van der Waals surface area (Å²) in [5.74, 6) is 0.0163. The molecule has 1 amide bonds. The van der Waals surface area contributed by atoms with E-state index in [1.54, 1.807) is 79.9 Å². The molecule has 0 bridgehead atoms. The summed E-state index contributed by atoms with van der Waals surface area (Å²) in [6.45, 7) is -0.346. The van der Waals surface area contributed by atoms with E-state index in [2.05, 4.69) is 5.32 Å². The average molecular weight is 479 g/mol. The van der Waals surface area contributed by atoms with Gasteiger partial charge in [0.2, 0.25) is 5.78 Å². The molecular weight excluding hydrogens is 456 g/mol. The van der Waals surface area contributed by atoms with Gasteiger partial charge in [0.1, 0.15) is 17.2 Å². The molecule has 3 aromatic carbocycles. The summed E-state index contributed by atoms with van der Waals surface area (Å²) in [5.41, 5.74) is 0.477. The number of benzene rings is 3. The van der Waals surface area contributed by atoms with E-state index in [1.165, 1.54) is 13.1 Å². The van der Waals surface area contributed by atoms with Crippen LogP contribution in [0.5, 0.6) is 11.5 Å². The van der Waals surface area contributed by atoms with Crippen molar-refractivity contribution in [3.63, 3.8) is 0 Å². The number of hydrogen-bond donors (Lipinski definition) is 1. The lowest BCUT2D eigenvalue weighted by Gasteiger charge is -2.31. The Morgan fingerprint density at radius 1 is 0.882 bits per heavy atom. The monoisotopic (exact) mass is 478 g/mol. The number of sulfonamides is 1. The van der Waals surface area contributed by atoms with Crippen LogP contribution in [-0.4, -0.2) is 45.2 Å². The second-order valence-electron chi connectivity index (χ2n) is 7.40. The molecule has 3 aromatic rings.